The normalized spacial score (nSPS) is 10.5. The first-order chi connectivity index (χ1) is 19.2. The number of urea groups is 1. The maximum absolute atomic E-state index is 12.9. The zero-order valence-electron chi connectivity index (χ0n) is 22.2. The molecule has 0 aliphatic carbocycles. The Balaban J connectivity index is 0.00000242. The molecule has 0 fully saturated rings. The molecule has 2 N–H and O–H groups in total. The summed E-state index contributed by atoms with van der Waals surface area (Å²) in [4.78, 5) is 35.6. The molecule has 0 unspecified atom stereocenters. The van der Waals surface area contributed by atoms with Gasteiger partial charge in [-0.3, -0.25) is 14.2 Å². The number of imidazole rings is 1. The molecule has 42 heavy (non-hydrogen) atoms. The Morgan fingerprint density at radius 3 is 2.64 bits per heavy atom. The Kier molecular flexibility index (Phi) is 11.3. The summed E-state index contributed by atoms with van der Waals surface area (Å²) in [5.41, 5.74) is 3.73. The lowest BCUT2D eigenvalue weighted by Gasteiger charge is -2.21. The molecule has 3 aromatic heterocycles. The quantitative estimate of drug-likeness (QED) is 0.182. The number of fused-ring (bicyclic) bond motifs is 2. The molecule has 14 heteroatoms. The van der Waals surface area contributed by atoms with Gasteiger partial charge < -0.3 is 20.3 Å². The van der Waals surface area contributed by atoms with Crippen molar-refractivity contribution in [2.75, 3.05) is 23.8 Å². The van der Waals surface area contributed by atoms with Gasteiger partial charge in [0.15, 0.2) is 11.4 Å². The van der Waals surface area contributed by atoms with Gasteiger partial charge in [-0.15, -0.1) is 24.8 Å². The van der Waals surface area contributed by atoms with Crippen LogP contribution in [0, 0.1) is 6.92 Å². The van der Waals surface area contributed by atoms with Crippen LogP contribution < -0.4 is 20.3 Å². The fourth-order valence-electron chi connectivity index (χ4n) is 4.09. The summed E-state index contributed by atoms with van der Waals surface area (Å²) < 4.78 is 8.75. The van der Waals surface area contributed by atoms with E-state index in [1.54, 1.807) is 37.5 Å². The van der Waals surface area contributed by atoms with Gasteiger partial charge in [-0.2, -0.15) is 0 Å². The third kappa shape index (κ3) is 7.02. The highest BCUT2D eigenvalue weighted by Gasteiger charge is 2.20. The van der Waals surface area contributed by atoms with Gasteiger partial charge in [0, 0.05) is 29.2 Å². The van der Waals surface area contributed by atoms with Gasteiger partial charge in [0.05, 0.1) is 40.3 Å². The number of ether oxygens (including phenoxy) is 1. The number of hydrogen-bond acceptors (Lipinski definition) is 5. The van der Waals surface area contributed by atoms with E-state index in [0.717, 1.165) is 21.2 Å². The SMILES string of the molecule is Cc1nc2c(OCc3c(Cl)ccc(N(C)C(=O)CNC(=O)Nc4cnc5ccccc5c4)c3Cl)cccn2c1Br.Cl.Cl. The highest BCUT2D eigenvalue weighted by atomic mass is 79.9. The molecule has 0 spiro atoms. The molecule has 0 aliphatic heterocycles. The number of anilines is 2. The molecule has 0 atom stereocenters. The minimum Gasteiger partial charge on any atom is -0.485 e. The Bertz CT molecular complexity index is 1770. The zero-order chi connectivity index (χ0) is 28.4. The largest absolute Gasteiger partial charge is 0.485 e. The minimum atomic E-state index is -0.537. The minimum absolute atomic E-state index is 0. The fraction of sp³-hybridized carbons (Fsp3) is 0.143. The average molecular weight is 715 g/mol. The van der Waals surface area contributed by atoms with Crippen LogP contribution in [0.15, 0.2) is 71.6 Å². The lowest BCUT2D eigenvalue weighted by molar-refractivity contribution is -0.117. The van der Waals surface area contributed by atoms with Crippen molar-refractivity contribution >= 4 is 104 Å². The van der Waals surface area contributed by atoms with Crippen molar-refractivity contribution in [1.29, 1.82) is 0 Å². The summed E-state index contributed by atoms with van der Waals surface area (Å²) in [5.74, 6) is 0.167. The molecule has 5 aromatic rings. The van der Waals surface area contributed by atoms with Gasteiger partial charge in [0.1, 0.15) is 11.2 Å². The highest BCUT2D eigenvalue weighted by Crippen LogP contribution is 2.35. The molecule has 0 aliphatic rings. The van der Waals surface area contributed by atoms with Crippen molar-refractivity contribution in [2.45, 2.75) is 13.5 Å². The molecular formula is C28H25BrCl4N6O3. The summed E-state index contributed by atoms with van der Waals surface area (Å²) in [6, 6.07) is 15.8. The molecule has 9 nitrogen and oxygen atoms in total. The van der Waals surface area contributed by atoms with E-state index in [1.165, 1.54) is 4.90 Å². The third-order valence-electron chi connectivity index (χ3n) is 6.24. The Hall–Kier alpha value is -3.28. The molecule has 3 amide bonds. The van der Waals surface area contributed by atoms with Gasteiger partial charge in [-0.05, 0) is 59.3 Å². The smallest absolute Gasteiger partial charge is 0.319 e. The second-order valence-electron chi connectivity index (χ2n) is 8.88. The van der Waals surface area contributed by atoms with Crippen LogP contribution >= 0.6 is 63.9 Å². The van der Waals surface area contributed by atoms with E-state index >= 15 is 0 Å². The van der Waals surface area contributed by atoms with Crippen LogP contribution in [0.3, 0.4) is 0 Å². The van der Waals surface area contributed by atoms with Crippen LogP contribution in [0.1, 0.15) is 11.3 Å². The molecule has 3 heterocycles. The maximum atomic E-state index is 12.9. The average Bonchev–Trinajstić information content (AvgIpc) is 3.25. The molecule has 0 saturated heterocycles. The van der Waals surface area contributed by atoms with Gasteiger partial charge in [0.2, 0.25) is 5.91 Å². The number of pyridine rings is 2. The van der Waals surface area contributed by atoms with Crippen LogP contribution in [0.25, 0.3) is 16.6 Å². The van der Waals surface area contributed by atoms with E-state index in [1.807, 2.05) is 47.9 Å². The van der Waals surface area contributed by atoms with Crippen molar-refractivity contribution in [3.8, 4) is 5.75 Å². The standard InChI is InChI=1S/C28H23BrCl2N6O3.2ClH/c1-16-26(29)37-11-5-8-23(27(37)34-16)40-15-19-20(30)9-10-22(25(19)31)36(2)24(38)14-33-28(39)35-18-12-17-6-3-4-7-21(17)32-13-18;;/h3-13H,14-15H2,1-2H3,(H2,33,35,39);2*1H. The van der Waals surface area contributed by atoms with Crippen LogP contribution in [-0.4, -0.2) is 39.9 Å². The predicted molar refractivity (Wildman–Crippen MR) is 175 cm³/mol. The summed E-state index contributed by atoms with van der Waals surface area (Å²) in [6.45, 7) is 1.69. The number of carbonyl (C=O) groups excluding carboxylic acids is 2. The number of benzene rings is 2. The second kappa shape index (κ2) is 14.3. The van der Waals surface area contributed by atoms with Crippen LogP contribution in [0.4, 0.5) is 16.2 Å². The number of carbonyl (C=O) groups is 2. The molecule has 0 radical (unpaired) electrons. The number of nitrogens with zero attached hydrogens (tertiary/aromatic N) is 4. The molecule has 0 bridgehead atoms. The number of aryl methyl sites for hydroxylation is 1. The summed E-state index contributed by atoms with van der Waals surface area (Å²) in [5, 5.41) is 6.81. The topological polar surface area (TPSA) is 101 Å². The summed E-state index contributed by atoms with van der Waals surface area (Å²) in [6.07, 6.45) is 3.43. The molecule has 220 valence electrons. The van der Waals surface area contributed by atoms with Crippen LogP contribution in [0.5, 0.6) is 5.75 Å². The third-order valence-corrected chi connectivity index (χ3v) is 7.97. The maximum Gasteiger partial charge on any atom is 0.319 e. The van der Waals surface area contributed by atoms with Crippen LogP contribution in [0.2, 0.25) is 10.0 Å². The number of halogens is 5. The number of para-hydroxylation sites is 1. The van der Waals surface area contributed by atoms with E-state index in [2.05, 4.69) is 36.5 Å². The molecule has 5 rings (SSSR count). The van der Waals surface area contributed by atoms with E-state index < -0.39 is 6.03 Å². The molecule has 0 saturated carbocycles. The Morgan fingerprint density at radius 1 is 1.10 bits per heavy atom. The Morgan fingerprint density at radius 2 is 1.86 bits per heavy atom. The van der Waals surface area contributed by atoms with E-state index in [9.17, 15) is 9.59 Å². The number of likely N-dealkylation sites (N-methyl/N-ethyl adjacent to an activating group) is 1. The van der Waals surface area contributed by atoms with Gasteiger partial charge >= 0.3 is 6.03 Å². The monoisotopic (exact) mass is 712 g/mol. The Labute approximate surface area is 272 Å². The summed E-state index contributed by atoms with van der Waals surface area (Å²) >= 11 is 16.7. The second-order valence-corrected chi connectivity index (χ2v) is 10.4. The van der Waals surface area contributed by atoms with E-state index in [0.29, 0.717) is 33.4 Å². The zero-order valence-corrected chi connectivity index (χ0v) is 27.0. The van der Waals surface area contributed by atoms with Crippen molar-refractivity contribution in [3.05, 3.63) is 92.9 Å². The van der Waals surface area contributed by atoms with Gasteiger partial charge in [-0.25, -0.2) is 9.78 Å². The fourth-order valence-corrected chi connectivity index (χ4v) is 5.07. The van der Waals surface area contributed by atoms with E-state index in [-0.39, 0.29) is 48.9 Å². The van der Waals surface area contributed by atoms with Crippen molar-refractivity contribution in [2.24, 2.45) is 0 Å². The number of amides is 3. The number of nitrogens with one attached hydrogen (secondary N) is 2. The lowest BCUT2D eigenvalue weighted by atomic mass is 10.2. The predicted octanol–water partition coefficient (Wildman–Crippen LogP) is 7.47. The molecule has 2 aromatic carbocycles. The van der Waals surface area contributed by atoms with Crippen molar-refractivity contribution in [3.63, 3.8) is 0 Å². The van der Waals surface area contributed by atoms with Crippen LogP contribution in [-0.2, 0) is 11.4 Å². The number of aromatic nitrogens is 3. The van der Waals surface area contributed by atoms with Gasteiger partial charge in [0.25, 0.3) is 0 Å². The first-order valence-corrected chi connectivity index (χ1v) is 13.7. The summed E-state index contributed by atoms with van der Waals surface area (Å²) in [7, 11) is 1.57. The van der Waals surface area contributed by atoms with Crippen molar-refractivity contribution in [1.82, 2.24) is 19.7 Å². The first-order valence-electron chi connectivity index (χ1n) is 12.1. The highest BCUT2D eigenvalue weighted by molar-refractivity contribution is 9.10. The number of rotatable bonds is 7. The van der Waals surface area contributed by atoms with Gasteiger partial charge in [-0.1, -0.05) is 41.4 Å². The first kappa shape index (κ1) is 33.2. The number of hydrogen-bond donors (Lipinski definition) is 2. The van der Waals surface area contributed by atoms with E-state index in [4.69, 9.17) is 27.9 Å². The lowest BCUT2D eigenvalue weighted by Crippen LogP contribution is -2.40. The van der Waals surface area contributed by atoms with Crippen molar-refractivity contribution < 1.29 is 14.3 Å². The molecular weight excluding hydrogens is 690 g/mol.